The molecule has 4 heterocycles. The van der Waals surface area contributed by atoms with E-state index in [0.29, 0.717) is 19.8 Å². The molecule has 1 spiro atoms. The highest BCUT2D eigenvalue weighted by atomic mass is 32.1. The van der Waals surface area contributed by atoms with Gasteiger partial charge >= 0.3 is 0 Å². The molecular formula is C21H16N2O4S. The van der Waals surface area contributed by atoms with Gasteiger partial charge in [0.25, 0.3) is 0 Å². The molecule has 3 aliphatic heterocycles. The summed E-state index contributed by atoms with van der Waals surface area (Å²) in [6, 6.07) is 11.9. The van der Waals surface area contributed by atoms with Crippen molar-refractivity contribution < 1.29 is 19.0 Å². The van der Waals surface area contributed by atoms with Crippen LogP contribution in [0.5, 0.6) is 11.5 Å². The van der Waals surface area contributed by atoms with E-state index < -0.39 is 5.41 Å². The first-order valence-corrected chi connectivity index (χ1v) is 9.95. The third-order valence-electron chi connectivity index (χ3n) is 5.68. The van der Waals surface area contributed by atoms with Gasteiger partial charge in [-0.05, 0) is 23.8 Å². The third kappa shape index (κ3) is 2.05. The summed E-state index contributed by atoms with van der Waals surface area (Å²) in [5, 5.41) is 0. The van der Waals surface area contributed by atoms with E-state index in [0.717, 1.165) is 38.8 Å². The van der Waals surface area contributed by atoms with Crippen molar-refractivity contribution in [2.24, 2.45) is 0 Å². The molecule has 0 saturated heterocycles. The van der Waals surface area contributed by atoms with Gasteiger partial charge in [0.15, 0.2) is 6.79 Å². The largest absolute Gasteiger partial charge is 0.491 e. The number of fused-ring (bicyclic) bond motifs is 5. The molecule has 6 rings (SSSR count). The van der Waals surface area contributed by atoms with Gasteiger partial charge in [0.2, 0.25) is 5.91 Å². The Morgan fingerprint density at radius 3 is 2.96 bits per heavy atom. The van der Waals surface area contributed by atoms with Gasteiger partial charge < -0.3 is 19.1 Å². The molecule has 3 aromatic rings. The molecule has 0 fully saturated rings. The summed E-state index contributed by atoms with van der Waals surface area (Å²) in [5.41, 5.74) is 4.68. The van der Waals surface area contributed by atoms with Gasteiger partial charge in [-0.1, -0.05) is 18.2 Å². The molecule has 140 valence electrons. The van der Waals surface area contributed by atoms with Crippen LogP contribution < -0.4 is 14.4 Å². The summed E-state index contributed by atoms with van der Waals surface area (Å²) >= 11 is 1.55. The molecule has 0 radical (unpaired) electrons. The van der Waals surface area contributed by atoms with E-state index in [2.05, 4.69) is 4.98 Å². The molecule has 3 aliphatic rings. The standard InChI is InChI=1S/C21H16N2O4S/c24-20-21(10-26-19-5-13-9-25-12-27-18(13)6-16(19)21)15-3-1-2-4-17(15)23(20)8-14-7-22-11-28-14/h1-7,11H,8-10,12H2. The Morgan fingerprint density at radius 2 is 2.07 bits per heavy atom. The molecule has 0 aliphatic carbocycles. The highest BCUT2D eigenvalue weighted by Gasteiger charge is 2.57. The molecule has 1 aromatic heterocycles. The molecule has 1 unspecified atom stereocenters. The molecule has 1 amide bonds. The summed E-state index contributed by atoms with van der Waals surface area (Å²) < 4.78 is 17.1. The normalized spacial score (nSPS) is 21.9. The monoisotopic (exact) mass is 392 g/mol. The van der Waals surface area contributed by atoms with Crippen molar-refractivity contribution in [1.82, 2.24) is 4.98 Å². The van der Waals surface area contributed by atoms with E-state index in [1.807, 2.05) is 47.5 Å². The van der Waals surface area contributed by atoms with Gasteiger partial charge in [-0.25, -0.2) is 0 Å². The van der Waals surface area contributed by atoms with Crippen molar-refractivity contribution in [3.05, 3.63) is 69.7 Å². The van der Waals surface area contributed by atoms with Crippen molar-refractivity contribution >= 4 is 22.9 Å². The zero-order chi connectivity index (χ0) is 18.7. The number of ether oxygens (including phenoxy) is 3. The maximum absolute atomic E-state index is 13.8. The number of rotatable bonds is 2. The zero-order valence-corrected chi connectivity index (χ0v) is 15.7. The smallest absolute Gasteiger partial charge is 0.246 e. The second kappa shape index (κ2) is 5.80. The Bertz CT molecular complexity index is 1100. The molecule has 0 N–H and O–H groups in total. The molecule has 2 aromatic carbocycles. The van der Waals surface area contributed by atoms with Gasteiger partial charge in [0, 0.05) is 27.9 Å². The summed E-state index contributed by atoms with van der Waals surface area (Å²) in [5.74, 6) is 1.53. The lowest BCUT2D eigenvalue weighted by molar-refractivity contribution is -0.122. The number of aromatic nitrogens is 1. The lowest BCUT2D eigenvalue weighted by Crippen LogP contribution is -2.42. The van der Waals surface area contributed by atoms with Crippen LogP contribution >= 0.6 is 11.3 Å². The van der Waals surface area contributed by atoms with Crippen LogP contribution in [0.3, 0.4) is 0 Å². The van der Waals surface area contributed by atoms with Gasteiger partial charge in [0.1, 0.15) is 23.5 Å². The van der Waals surface area contributed by atoms with Crippen LogP contribution in [-0.2, 0) is 28.1 Å². The molecule has 6 nitrogen and oxygen atoms in total. The summed E-state index contributed by atoms with van der Waals surface area (Å²) in [6.07, 6.45) is 1.81. The summed E-state index contributed by atoms with van der Waals surface area (Å²) in [7, 11) is 0. The average Bonchev–Trinajstić information content (AvgIpc) is 3.43. The second-order valence-corrected chi connectivity index (χ2v) is 8.11. The minimum absolute atomic E-state index is 0.0351. The van der Waals surface area contributed by atoms with Crippen molar-refractivity contribution in [1.29, 1.82) is 0 Å². The number of hydrogen-bond donors (Lipinski definition) is 0. The van der Waals surface area contributed by atoms with E-state index in [1.54, 1.807) is 16.8 Å². The highest BCUT2D eigenvalue weighted by molar-refractivity contribution is 7.09. The maximum atomic E-state index is 13.8. The second-order valence-electron chi connectivity index (χ2n) is 7.14. The molecule has 7 heteroatoms. The SMILES string of the molecule is O=C1N(Cc2cncs2)c2ccccc2C12COc1cc3c(cc12)OCOC3. The summed E-state index contributed by atoms with van der Waals surface area (Å²) in [6.45, 7) is 1.51. The minimum Gasteiger partial charge on any atom is -0.491 e. The predicted octanol–water partition coefficient (Wildman–Crippen LogP) is 3.23. The number of carbonyl (C=O) groups excluding carboxylic acids is 1. The fraction of sp³-hybridized carbons (Fsp3) is 0.238. The predicted molar refractivity (Wildman–Crippen MR) is 103 cm³/mol. The fourth-order valence-electron chi connectivity index (χ4n) is 4.38. The summed E-state index contributed by atoms with van der Waals surface area (Å²) in [4.78, 5) is 20.9. The fourth-order valence-corrected chi connectivity index (χ4v) is 4.96. The van der Waals surface area contributed by atoms with Crippen LogP contribution in [0.4, 0.5) is 5.69 Å². The highest BCUT2D eigenvalue weighted by Crippen LogP contribution is 2.54. The van der Waals surface area contributed by atoms with Crippen LogP contribution in [-0.4, -0.2) is 24.3 Å². The number of thiazole rings is 1. The van der Waals surface area contributed by atoms with Crippen molar-refractivity contribution in [2.45, 2.75) is 18.6 Å². The Hall–Kier alpha value is -2.90. The molecule has 28 heavy (non-hydrogen) atoms. The van der Waals surface area contributed by atoms with Gasteiger partial charge in [-0.15, -0.1) is 11.3 Å². The van der Waals surface area contributed by atoms with E-state index >= 15 is 0 Å². The number of anilines is 1. The quantitative estimate of drug-likeness (QED) is 0.670. The van der Waals surface area contributed by atoms with Gasteiger partial charge in [-0.2, -0.15) is 0 Å². The van der Waals surface area contributed by atoms with E-state index in [9.17, 15) is 4.79 Å². The zero-order valence-electron chi connectivity index (χ0n) is 14.9. The maximum Gasteiger partial charge on any atom is 0.246 e. The Kier molecular flexibility index (Phi) is 3.33. The Balaban J connectivity index is 1.52. The Labute approximate surface area is 165 Å². The molecule has 0 saturated carbocycles. The molecular weight excluding hydrogens is 376 g/mol. The van der Waals surface area contributed by atoms with E-state index in [1.165, 1.54) is 0 Å². The topological polar surface area (TPSA) is 60.9 Å². The van der Waals surface area contributed by atoms with Crippen LogP contribution in [0.2, 0.25) is 0 Å². The number of benzene rings is 2. The number of hydrogen-bond acceptors (Lipinski definition) is 6. The Morgan fingerprint density at radius 1 is 1.14 bits per heavy atom. The van der Waals surface area contributed by atoms with Crippen LogP contribution in [0.1, 0.15) is 21.6 Å². The van der Waals surface area contributed by atoms with Crippen LogP contribution in [0.25, 0.3) is 0 Å². The van der Waals surface area contributed by atoms with Crippen molar-refractivity contribution in [2.75, 3.05) is 18.3 Å². The lowest BCUT2D eigenvalue weighted by atomic mass is 9.77. The van der Waals surface area contributed by atoms with Gasteiger partial charge in [-0.3, -0.25) is 9.78 Å². The van der Waals surface area contributed by atoms with Gasteiger partial charge in [0.05, 0.1) is 18.7 Å². The van der Waals surface area contributed by atoms with E-state index in [4.69, 9.17) is 14.2 Å². The van der Waals surface area contributed by atoms with E-state index in [-0.39, 0.29) is 12.7 Å². The van der Waals surface area contributed by atoms with Crippen molar-refractivity contribution in [3.8, 4) is 11.5 Å². The van der Waals surface area contributed by atoms with Crippen molar-refractivity contribution in [3.63, 3.8) is 0 Å². The number of carbonyl (C=O) groups is 1. The first-order valence-electron chi connectivity index (χ1n) is 9.07. The first-order chi connectivity index (χ1) is 13.8. The van der Waals surface area contributed by atoms with Crippen LogP contribution in [0.15, 0.2) is 48.1 Å². The number of amides is 1. The number of para-hydroxylation sites is 1. The number of nitrogens with zero attached hydrogens (tertiary/aromatic N) is 2. The third-order valence-corrected chi connectivity index (χ3v) is 6.45. The molecule has 0 bridgehead atoms. The lowest BCUT2D eigenvalue weighted by Gasteiger charge is -2.24. The van der Waals surface area contributed by atoms with Crippen LogP contribution in [0, 0.1) is 0 Å². The molecule has 1 atom stereocenters. The first kappa shape index (κ1) is 16.1. The average molecular weight is 392 g/mol. The minimum atomic E-state index is -0.840.